The number of aromatic carboxylic acids is 1. The molecule has 1 aliphatic carbocycles. The van der Waals surface area contributed by atoms with E-state index in [2.05, 4.69) is 4.90 Å². The standard InChI is InChI=1S/C22H24N2O4/c1-14-21(25)23(2)19-12-11-18(13-20(19)24(14)16-5-3-4-6-16)28-17-9-7-15(8-10-17)22(26)27/h7-14,16H,3-6H2,1-2H3,(H,26,27). The summed E-state index contributed by atoms with van der Waals surface area (Å²) in [6.45, 7) is 1.97. The molecule has 4 rings (SSSR count). The molecule has 1 heterocycles. The molecule has 1 N–H and O–H groups in total. The van der Waals surface area contributed by atoms with Gasteiger partial charge in [0.2, 0.25) is 5.91 Å². The van der Waals surface area contributed by atoms with Crippen molar-refractivity contribution >= 4 is 23.3 Å². The van der Waals surface area contributed by atoms with E-state index in [0.717, 1.165) is 24.2 Å². The topological polar surface area (TPSA) is 70.1 Å². The van der Waals surface area contributed by atoms with E-state index in [0.29, 0.717) is 17.5 Å². The Bertz CT molecular complexity index is 903. The molecule has 2 aliphatic rings. The van der Waals surface area contributed by atoms with E-state index in [1.165, 1.54) is 25.0 Å². The smallest absolute Gasteiger partial charge is 0.335 e. The van der Waals surface area contributed by atoms with Crippen LogP contribution in [0.15, 0.2) is 42.5 Å². The lowest BCUT2D eigenvalue weighted by Crippen LogP contribution is -2.54. The van der Waals surface area contributed by atoms with Gasteiger partial charge in [-0.15, -0.1) is 0 Å². The average molecular weight is 380 g/mol. The lowest BCUT2D eigenvalue weighted by atomic mass is 10.0. The van der Waals surface area contributed by atoms with Crippen molar-refractivity contribution in [2.45, 2.75) is 44.7 Å². The maximum Gasteiger partial charge on any atom is 0.335 e. The van der Waals surface area contributed by atoms with Gasteiger partial charge in [0.25, 0.3) is 0 Å². The van der Waals surface area contributed by atoms with Crippen LogP contribution in [0, 0.1) is 0 Å². The first-order valence-electron chi connectivity index (χ1n) is 9.67. The molecule has 0 bridgehead atoms. The van der Waals surface area contributed by atoms with Crippen LogP contribution in [0.3, 0.4) is 0 Å². The number of carboxylic acid groups (broad SMARTS) is 1. The van der Waals surface area contributed by atoms with Crippen LogP contribution in [0.2, 0.25) is 0 Å². The molecule has 0 saturated heterocycles. The Balaban J connectivity index is 1.67. The number of anilines is 2. The Kier molecular flexibility index (Phi) is 4.71. The van der Waals surface area contributed by atoms with Crippen molar-refractivity contribution in [3.8, 4) is 11.5 Å². The molecular weight excluding hydrogens is 356 g/mol. The third-order valence-corrected chi connectivity index (χ3v) is 5.75. The zero-order valence-corrected chi connectivity index (χ0v) is 16.1. The molecule has 1 atom stereocenters. The van der Waals surface area contributed by atoms with Gasteiger partial charge in [0.1, 0.15) is 17.5 Å². The van der Waals surface area contributed by atoms with Gasteiger partial charge in [-0.05, 0) is 56.2 Å². The van der Waals surface area contributed by atoms with Crippen LogP contribution < -0.4 is 14.5 Å². The maximum absolute atomic E-state index is 12.7. The zero-order chi connectivity index (χ0) is 19.8. The van der Waals surface area contributed by atoms with Crippen molar-refractivity contribution in [3.05, 3.63) is 48.0 Å². The summed E-state index contributed by atoms with van der Waals surface area (Å²) in [7, 11) is 1.81. The van der Waals surface area contributed by atoms with Crippen molar-refractivity contribution in [1.29, 1.82) is 0 Å². The summed E-state index contributed by atoms with van der Waals surface area (Å²) < 4.78 is 5.96. The van der Waals surface area contributed by atoms with Crippen LogP contribution in [0.5, 0.6) is 11.5 Å². The number of nitrogens with zero attached hydrogens (tertiary/aromatic N) is 2. The van der Waals surface area contributed by atoms with Gasteiger partial charge in [0, 0.05) is 19.2 Å². The predicted octanol–water partition coefficient (Wildman–Crippen LogP) is 4.29. The fourth-order valence-corrected chi connectivity index (χ4v) is 4.28. The van der Waals surface area contributed by atoms with E-state index in [4.69, 9.17) is 9.84 Å². The third kappa shape index (κ3) is 3.19. The number of fused-ring (bicyclic) bond motifs is 1. The Morgan fingerprint density at radius 3 is 2.32 bits per heavy atom. The Labute approximate surface area is 164 Å². The molecule has 146 valence electrons. The number of carbonyl (C=O) groups excluding carboxylic acids is 1. The molecular formula is C22H24N2O4. The van der Waals surface area contributed by atoms with Crippen LogP contribution in [0.25, 0.3) is 0 Å². The van der Waals surface area contributed by atoms with Crippen LogP contribution in [0.4, 0.5) is 11.4 Å². The summed E-state index contributed by atoms with van der Waals surface area (Å²) in [5.74, 6) is 0.386. The molecule has 0 aromatic heterocycles. The number of benzene rings is 2. The number of hydrogen-bond acceptors (Lipinski definition) is 4. The minimum absolute atomic E-state index is 0.109. The molecule has 28 heavy (non-hydrogen) atoms. The monoisotopic (exact) mass is 380 g/mol. The van der Waals surface area contributed by atoms with Gasteiger partial charge in [-0.2, -0.15) is 0 Å². The molecule has 6 heteroatoms. The van der Waals surface area contributed by atoms with Gasteiger partial charge in [-0.25, -0.2) is 4.79 Å². The lowest BCUT2D eigenvalue weighted by Gasteiger charge is -2.43. The Morgan fingerprint density at radius 2 is 1.68 bits per heavy atom. The van der Waals surface area contributed by atoms with Crippen molar-refractivity contribution < 1.29 is 19.4 Å². The zero-order valence-electron chi connectivity index (χ0n) is 16.1. The van der Waals surface area contributed by atoms with E-state index in [1.807, 2.05) is 32.2 Å². The summed E-state index contributed by atoms with van der Waals surface area (Å²) >= 11 is 0. The van der Waals surface area contributed by atoms with E-state index < -0.39 is 5.97 Å². The quantitative estimate of drug-likeness (QED) is 0.857. The third-order valence-electron chi connectivity index (χ3n) is 5.75. The van der Waals surface area contributed by atoms with Gasteiger partial charge in [0.15, 0.2) is 0 Å². The minimum Gasteiger partial charge on any atom is -0.478 e. The van der Waals surface area contributed by atoms with Crippen LogP contribution in [0.1, 0.15) is 43.0 Å². The average Bonchev–Trinajstić information content (AvgIpc) is 3.21. The van der Waals surface area contributed by atoms with Crippen molar-refractivity contribution in [3.63, 3.8) is 0 Å². The second-order valence-electron chi connectivity index (χ2n) is 7.50. The number of carbonyl (C=O) groups is 2. The van der Waals surface area contributed by atoms with Crippen molar-refractivity contribution in [1.82, 2.24) is 0 Å². The number of likely N-dealkylation sites (N-methyl/N-ethyl adjacent to an activating group) is 1. The lowest BCUT2D eigenvalue weighted by molar-refractivity contribution is -0.119. The fourth-order valence-electron chi connectivity index (χ4n) is 4.28. The minimum atomic E-state index is -0.964. The number of rotatable bonds is 4. The molecule has 1 saturated carbocycles. The van der Waals surface area contributed by atoms with Gasteiger partial charge in [0.05, 0.1) is 16.9 Å². The van der Waals surface area contributed by atoms with Crippen LogP contribution >= 0.6 is 0 Å². The number of amides is 1. The van der Waals surface area contributed by atoms with Crippen molar-refractivity contribution in [2.75, 3.05) is 16.8 Å². The molecule has 1 aliphatic heterocycles. The Morgan fingerprint density at radius 1 is 1.04 bits per heavy atom. The highest BCUT2D eigenvalue weighted by Crippen LogP contribution is 2.42. The molecule has 0 radical (unpaired) electrons. The number of hydrogen-bond donors (Lipinski definition) is 1. The summed E-state index contributed by atoms with van der Waals surface area (Å²) in [4.78, 5) is 27.7. The molecule has 6 nitrogen and oxygen atoms in total. The summed E-state index contributed by atoms with van der Waals surface area (Å²) in [5, 5.41) is 9.02. The second kappa shape index (κ2) is 7.19. The second-order valence-corrected chi connectivity index (χ2v) is 7.50. The number of ether oxygens (including phenoxy) is 1. The molecule has 1 unspecified atom stereocenters. The highest BCUT2D eigenvalue weighted by atomic mass is 16.5. The fraction of sp³-hybridized carbons (Fsp3) is 0.364. The summed E-state index contributed by atoms with van der Waals surface area (Å²) in [6.07, 6.45) is 4.59. The molecule has 1 amide bonds. The number of carboxylic acids is 1. The van der Waals surface area contributed by atoms with Crippen LogP contribution in [-0.2, 0) is 4.79 Å². The Hall–Kier alpha value is -3.02. The normalized spacial score (nSPS) is 19.6. The molecule has 2 aromatic carbocycles. The van der Waals surface area contributed by atoms with E-state index in [-0.39, 0.29) is 17.5 Å². The first-order valence-corrected chi connectivity index (χ1v) is 9.67. The highest BCUT2D eigenvalue weighted by molar-refractivity contribution is 6.05. The van der Waals surface area contributed by atoms with Crippen LogP contribution in [-0.4, -0.2) is 36.1 Å². The SMILES string of the molecule is CC1C(=O)N(C)c2ccc(Oc3ccc(C(=O)O)cc3)cc2N1C1CCCC1. The van der Waals surface area contributed by atoms with Crippen molar-refractivity contribution in [2.24, 2.45) is 0 Å². The van der Waals surface area contributed by atoms with E-state index in [9.17, 15) is 9.59 Å². The van der Waals surface area contributed by atoms with Gasteiger partial charge in [-0.3, -0.25) is 4.79 Å². The predicted molar refractivity (Wildman–Crippen MR) is 108 cm³/mol. The highest BCUT2D eigenvalue weighted by Gasteiger charge is 2.38. The van der Waals surface area contributed by atoms with E-state index >= 15 is 0 Å². The summed E-state index contributed by atoms with van der Waals surface area (Å²) in [6, 6.07) is 12.3. The van der Waals surface area contributed by atoms with Gasteiger partial charge >= 0.3 is 5.97 Å². The largest absolute Gasteiger partial charge is 0.478 e. The summed E-state index contributed by atoms with van der Waals surface area (Å²) in [5.41, 5.74) is 2.13. The first-order chi connectivity index (χ1) is 13.5. The van der Waals surface area contributed by atoms with Gasteiger partial charge < -0.3 is 19.6 Å². The first kappa shape index (κ1) is 18.3. The molecule has 2 aromatic rings. The molecule has 0 spiro atoms. The maximum atomic E-state index is 12.7. The molecule has 1 fully saturated rings. The van der Waals surface area contributed by atoms with E-state index in [1.54, 1.807) is 17.0 Å². The van der Waals surface area contributed by atoms with Gasteiger partial charge in [-0.1, -0.05) is 12.8 Å².